The Hall–Kier alpha value is -2.81. The monoisotopic (exact) mass is 610 g/mol. The Morgan fingerprint density at radius 1 is 0.512 bits per heavy atom. The average molecular weight is 611 g/mol. The first-order chi connectivity index (χ1) is 20.2. The van der Waals surface area contributed by atoms with Crippen molar-refractivity contribution in [3.05, 3.63) is 120 Å². The first kappa shape index (κ1) is 33.1. The highest BCUT2D eigenvalue weighted by atomic mass is 28.4. The second-order valence-electron chi connectivity index (χ2n) is 14.1. The molecule has 0 aliphatic heterocycles. The molecular formula is C38H50O3Si2. The smallest absolute Gasteiger partial charge is 0.251 e. The van der Waals surface area contributed by atoms with Crippen LogP contribution in [-0.2, 0) is 17.0 Å². The van der Waals surface area contributed by atoms with Crippen LogP contribution in [0, 0.1) is 0 Å². The van der Waals surface area contributed by atoms with E-state index in [4.69, 9.17) is 4.12 Å². The molecule has 0 aliphatic rings. The first-order valence-electron chi connectivity index (χ1n) is 15.6. The normalized spacial score (nSPS) is 16.6. The van der Waals surface area contributed by atoms with E-state index < -0.39 is 28.8 Å². The van der Waals surface area contributed by atoms with Gasteiger partial charge in [0.2, 0.25) is 0 Å². The van der Waals surface area contributed by atoms with Gasteiger partial charge in [-0.3, -0.25) is 0 Å². The molecule has 0 aliphatic carbocycles. The Morgan fingerprint density at radius 2 is 0.814 bits per heavy atom. The molecule has 0 heterocycles. The number of hydrogen-bond acceptors (Lipinski definition) is 3. The first-order valence-corrected chi connectivity index (χ1v) is 19.4. The molecule has 3 nitrogen and oxygen atoms in total. The van der Waals surface area contributed by atoms with E-state index in [1.165, 1.54) is 20.7 Å². The molecule has 43 heavy (non-hydrogen) atoms. The molecule has 0 saturated carbocycles. The van der Waals surface area contributed by atoms with Gasteiger partial charge in [-0.15, -0.1) is 0 Å². The summed E-state index contributed by atoms with van der Waals surface area (Å²) in [6.45, 7) is 17.7. The van der Waals surface area contributed by atoms with Gasteiger partial charge in [0.25, 0.3) is 16.6 Å². The molecule has 0 fully saturated rings. The molecule has 0 saturated heterocycles. The highest BCUT2D eigenvalue weighted by Gasteiger charge is 2.61. The van der Waals surface area contributed by atoms with E-state index in [0.717, 1.165) is 11.1 Å². The van der Waals surface area contributed by atoms with Crippen LogP contribution in [0.15, 0.2) is 109 Å². The van der Waals surface area contributed by atoms with Crippen molar-refractivity contribution >= 4 is 37.4 Å². The van der Waals surface area contributed by atoms with Crippen molar-refractivity contribution in [2.45, 2.75) is 90.5 Å². The highest BCUT2D eigenvalue weighted by Crippen LogP contribution is 2.45. The third-order valence-electron chi connectivity index (χ3n) is 8.60. The summed E-state index contributed by atoms with van der Waals surface area (Å²) < 4.78 is 8.46. The minimum absolute atomic E-state index is 0.263. The van der Waals surface area contributed by atoms with Gasteiger partial charge in [-0.25, -0.2) is 0 Å². The van der Waals surface area contributed by atoms with E-state index in [2.05, 4.69) is 151 Å². The lowest BCUT2D eigenvalue weighted by Crippen LogP contribution is -2.79. The lowest BCUT2D eigenvalue weighted by atomic mass is 10.1. The summed E-state index contributed by atoms with van der Waals surface area (Å²) >= 11 is 0. The quantitative estimate of drug-likeness (QED) is 0.218. The minimum Gasteiger partial charge on any atom is -0.441 e. The second-order valence-corrected chi connectivity index (χ2v) is 22.9. The summed E-state index contributed by atoms with van der Waals surface area (Å²) in [6, 6.07) is 39.0. The number of hydrogen-bond donors (Lipinski definition) is 2. The Labute approximate surface area is 261 Å². The zero-order valence-electron chi connectivity index (χ0n) is 27.3. The van der Waals surface area contributed by atoms with Crippen LogP contribution in [0.4, 0.5) is 0 Å². The Kier molecular flexibility index (Phi) is 10.0. The largest absolute Gasteiger partial charge is 0.441 e. The Balaban J connectivity index is 2.23. The molecule has 4 atom stereocenters. The maximum atomic E-state index is 10.7. The molecule has 0 radical (unpaired) electrons. The predicted octanol–water partition coefficient (Wildman–Crippen LogP) is 5.97. The van der Waals surface area contributed by atoms with E-state index in [0.29, 0.717) is 12.8 Å². The fraction of sp³-hybridized carbons (Fsp3) is 0.368. The van der Waals surface area contributed by atoms with Gasteiger partial charge in [-0.2, -0.15) is 0 Å². The molecule has 4 rings (SSSR count). The van der Waals surface area contributed by atoms with Crippen LogP contribution in [-0.4, -0.2) is 39.1 Å². The zero-order chi connectivity index (χ0) is 31.5. The van der Waals surface area contributed by atoms with E-state index in [-0.39, 0.29) is 10.1 Å². The second kappa shape index (κ2) is 13.0. The minimum atomic E-state index is -3.15. The van der Waals surface area contributed by atoms with Crippen LogP contribution in [0.1, 0.15) is 66.5 Å². The van der Waals surface area contributed by atoms with Crippen LogP contribution in [0.2, 0.25) is 10.1 Å². The van der Waals surface area contributed by atoms with Crippen molar-refractivity contribution in [3.63, 3.8) is 0 Å². The standard InChI is InChI=1S/C38H50O3Si2/c1-29(39)27-31-19-15-17-25-35(31)42(37(3,4)5,33-21-11-9-12-22-33)41-43(38(6,7)8,34-23-13-10-14-24-34)36-26-18-16-20-32(36)28-30(2)40/h9-26,29-30,39-40H,27-28H2,1-8H3. The summed E-state index contributed by atoms with van der Waals surface area (Å²) in [5.74, 6) is 0. The van der Waals surface area contributed by atoms with Crippen LogP contribution in [0.3, 0.4) is 0 Å². The maximum absolute atomic E-state index is 10.7. The van der Waals surface area contributed by atoms with E-state index in [9.17, 15) is 10.2 Å². The molecular weight excluding hydrogens is 561 g/mol. The number of rotatable bonds is 10. The molecule has 4 unspecified atom stereocenters. The van der Waals surface area contributed by atoms with Crippen molar-refractivity contribution in [2.75, 3.05) is 0 Å². The average Bonchev–Trinajstić information content (AvgIpc) is 2.94. The third kappa shape index (κ3) is 6.52. The summed E-state index contributed by atoms with van der Waals surface area (Å²) in [5.41, 5.74) is 2.29. The SMILES string of the molecule is CC(O)Cc1ccccc1[Si](O[Si](c1ccccc1)(c1ccccc1CC(C)O)C(C)(C)C)(c1ccccc1)C(C)(C)C. The molecule has 0 amide bonds. The van der Waals surface area contributed by atoms with Crippen molar-refractivity contribution in [1.82, 2.24) is 0 Å². The number of benzene rings is 4. The van der Waals surface area contributed by atoms with Crippen LogP contribution in [0.25, 0.3) is 0 Å². The molecule has 5 heteroatoms. The molecule has 0 aromatic heterocycles. The van der Waals surface area contributed by atoms with Crippen molar-refractivity contribution in [3.8, 4) is 0 Å². The lowest BCUT2D eigenvalue weighted by Gasteiger charge is -2.54. The van der Waals surface area contributed by atoms with Gasteiger partial charge in [0.15, 0.2) is 0 Å². The van der Waals surface area contributed by atoms with Crippen molar-refractivity contribution < 1.29 is 14.3 Å². The van der Waals surface area contributed by atoms with Gasteiger partial charge in [0.05, 0.1) is 12.2 Å². The van der Waals surface area contributed by atoms with E-state index in [1.54, 1.807) is 0 Å². The summed E-state index contributed by atoms with van der Waals surface area (Å²) in [7, 11) is -6.29. The third-order valence-corrected chi connectivity index (χ3v) is 20.1. The zero-order valence-corrected chi connectivity index (χ0v) is 29.3. The van der Waals surface area contributed by atoms with E-state index in [1.807, 2.05) is 13.8 Å². The Morgan fingerprint density at radius 3 is 1.12 bits per heavy atom. The molecule has 0 spiro atoms. The van der Waals surface area contributed by atoms with Crippen LogP contribution in [0.5, 0.6) is 0 Å². The fourth-order valence-electron chi connectivity index (χ4n) is 6.81. The topological polar surface area (TPSA) is 49.7 Å². The van der Waals surface area contributed by atoms with E-state index >= 15 is 0 Å². The Bertz CT molecular complexity index is 1360. The maximum Gasteiger partial charge on any atom is 0.251 e. The summed E-state index contributed by atoms with van der Waals surface area (Å²) in [5, 5.41) is 25.7. The summed E-state index contributed by atoms with van der Waals surface area (Å²) in [6.07, 6.45) is 0.166. The van der Waals surface area contributed by atoms with Gasteiger partial charge in [-0.05, 0) is 68.6 Å². The van der Waals surface area contributed by atoms with Gasteiger partial charge in [0, 0.05) is 0 Å². The van der Waals surface area contributed by atoms with Gasteiger partial charge >= 0.3 is 0 Å². The molecule has 2 N–H and O–H groups in total. The lowest BCUT2D eigenvalue weighted by molar-refractivity contribution is 0.195. The number of aliphatic hydroxyl groups excluding tert-OH is 2. The predicted molar refractivity (Wildman–Crippen MR) is 187 cm³/mol. The number of aliphatic hydroxyl groups is 2. The molecule has 228 valence electrons. The molecule has 4 aromatic rings. The van der Waals surface area contributed by atoms with Gasteiger partial charge < -0.3 is 14.3 Å². The highest BCUT2D eigenvalue weighted by molar-refractivity contribution is 7.11. The molecule has 0 bridgehead atoms. The van der Waals surface area contributed by atoms with Gasteiger partial charge in [-0.1, -0.05) is 151 Å². The van der Waals surface area contributed by atoms with Crippen molar-refractivity contribution in [1.29, 1.82) is 0 Å². The summed E-state index contributed by atoms with van der Waals surface area (Å²) in [4.78, 5) is 0. The van der Waals surface area contributed by atoms with Gasteiger partial charge in [0.1, 0.15) is 0 Å². The van der Waals surface area contributed by atoms with Crippen LogP contribution >= 0.6 is 0 Å². The van der Waals surface area contributed by atoms with Crippen LogP contribution < -0.4 is 20.7 Å². The fourth-order valence-corrected chi connectivity index (χ4v) is 20.2. The molecule has 4 aromatic carbocycles. The van der Waals surface area contributed by atoms with Crippen molar-refractivity contribution in [2.24, 2.45) is 0 Å².